The summed E-state index contributed by atoms with van der Waals surface area (Å²) in [6.45, 7) is 0. The molecule has 0 aliphatic heterocycles. The molecule has 5 heteroatoms. The normalized spacial score (nSPS) is 11.7. The van der Waals surface area contributed by atoms with Gasteiger partial charge in [0.25, 0.3) is 0 Å². The summed E-state index contributed by atoms with van der Waals surface area (Å²) >= 11 is -2.05. The van der Waals surface area contributed by atoms with Crippen molar-refractivity contribution in [2.75, 3.05) is 0 Å². The van der Waals surface area contributed by atoms with Crippen LogP contribution in [0, 0.1) is 6.07 Å². The summed E-state index contributed by atoms with van der Waals surface area (Å²) in [5.74, 6) is 0. The third kappa shape index (κ3) is 4.39. The van der Waals surface area contributed by atoms with E-state index in [4.69, 9.17) is 0 Å². The maximum absolute atomic E-state index is 11.7. The van der Waals surface area contributed by atoms with E-state index in [2.05, 4.69) is 30.3 Å². The van der Waals surface area contributed by atoms with Crippen molar-refractivity contribution < 1.29 is 38.3 Å². The van der Waals surface area contributed by atoms with Crippen LogP contribution in [0.2, 0.25) is 0 Å². The van der Waals surface area contributed by atoms with E-state index in [1.165, 1.54) is 0 Å². The van der Waals surface area contributed by atoms with Gasteiger partial charge < -0.3 is 4.55 Å². The van der Waals surface area contributed by atoms with Crippen molar-refractivity contribution in [2.45, 2.75) is 4.90 Å². The molecule has 3 rings (SSSR count). The van der Waals surface area contributed by atoms with Crippen LogP contribution in [0.25, 0.3) is 0 Å². The number of rotatable bonds is 4. The molecule has 1 N–H and O–H groups in total. The molecule has 110 valence electrons. The van der Waals surface area contributed by atoms with E-state index in [0.717, 1.165) is 15.9 Å². The summed E-state index contributed by atoms with van der Waals surface area (Å²) in [6.07, 6.45) is 0. The predicted molar refractivity (Wildman–Crippen MR) is 93.0 cm³/mol. The van der Waals surface area contributed by atoms with Crippen LogP contribution < -0.4 is 45.5 Å². The Balaban J connectivity index is 0.00000192. The Kier molecular flexibility index (Phi) is 7.16. The molecule has 0 aliphatic rings. The predicted octanol–water partition coefficient (Wildman–Crippen LogP) is -0.170. The molecule has 23 heavy (non-hydrogen) atoms. The Hall–Kier alpha value is -0.800. The molecular weight excluding hydrogens is 334 g/mol. The Morgan fingerprint density at radius 3 is 1.83 bits per heavy atom. The van der Waals surface area contributed by atoms with Gasteiger partial charge in [-0.3, -0.25) is 0 Å². The molecule has 3 aromatic rings. The summed E-state index contributed by atoms with van der Waals surface area (Å²) in [4.78, 5) is 0.362. The first-order valence-corrected chi connectivity index (χ1v) is 9.24. The van der Waals surface area contributed by atoms with E-state index >= 15 is 0 Å². The fraction of sp³-hybridized carbons (Fsp3) is 0. The van der Waals surface area contributed by atoms with Crippen molar-refractivity contribution in [3.8, 4) is 0 Å². The summed E-state index contributed by atoms with van der Waals surface area (Å²) in [6, 6.07) is 28.6. The molecule has 2 nitrogen and oxygen atoms in total. The standard InChI is InChI=1S/C18H14O2PS.Na/c19-22(20)18-14-8-7-13-17(18)21(15-9-3-1-4-10-15)16-11-5-2-6-12-16;/h1-13H,(H,19,20);/q-1;+1. The van der Waals surface area contributed by atoms with Crippen LogP contribution in [-0.4, -0.2) is 8.76 Å². The minimum Gasteiger partial charge on any atom is -0.304 e. The molecule has 0 amide bonds. The Morgan fingerprint density at radius 1 is 0.826 bits per heavy atom. The van der Waals surface area contributed by atoms with Gasteiger partial charge in [0.05, 0.1) is 0 Å². The number of hydrogen-bond donors (Lipinski definition) is 1. The third-order valence-corrected chi connectivity index (χ3v) is 6.56. The second kappa shape index (κ2) is 8.89. The third-order valence-electron chi connectivity index (χ3n) is 3.24. The fourth-order valence-electron chi connectivity index (χ4n) is 2.31. The molecule has 0 aliphatic carbocycles. The molecule has 0 bridgehead atoms. The monoisotopic (exact) mass is 348 g/mol. The molecule has 0 fully saturated rings. The molecule has 0 heterocycles. The van der Waals surface area contributed by atoms with Gasteiger partial charge >= 0.3 is 29.6 Å². The molecule has 0 aromatic heterocycles. The molecule has 3 aromatic carbocycles. The van der Waals surface area contributed by atoms with E-state index in [0.29, 0.717) is 4.90 Å². The summed E-state index contributed by atoms with van der Waals surface area (Å²) in [7, 11) is -0.884. The van der Waals surface area contributed by atoms with Gasteiger partial charge in [0, 0.05) is 0 Å². The van der Waals surface area contributed by atoms with E-state index in [1.807, 2.05) is 48.5 Å². The molecule has 0 saturated heterocycles. The van der Waals surface area contributed by atoms with Gasteiger partial charge in [-0.2, -0.15) is 24.3 Å². The van der Waals surface area contributed by atoms with E-state index in [-0.39, 0.29) is 29.6 Å². The van der Waals surface area contributed by atoms with Gasteiger partial charge in [-0.1, -0.05) is 68.6 Å². The maximum atomic E-state index is 11.7. The Morgan fingerprint density at radius 2 is 1.35 bits per heavy atom. The van der Waals surface area contributed by atoms with Gasteiger partial charge in [-0.25, -0.2) is 4.21 Å². The SMILES string of the molecule is O=S(O)c1[c-]cccc1P(c1ccccc1)c1ccccc1.[Na+]. The largest absolute Gasteiger partial charge is 1.00 e. The molecule has 1 atom stereocenters. The van der Waals surface area contributed by atoms with E-state index in [1.54, 1.807) is 6.07 Å². The Labute approximate surface area is 162 Å². The van der Waals surface area contributed by atoms with Crippen molar-refractivity contribution >= 4 is 34.9 Å². The zero-order valence-corrected chi connectivity index (χ0v) is 16.4. The molecule has 0 radical (unpaired) electrons. The van der Waals surface area contributed by atoms with E-state index in [9.17, 15) is 8.76 Å². The summed E-state index contributed by atoms with van der Waals surface area (Å²) in [5.41, 5.74) is 0. The quantitative estimate of drug-likeness (QED) is 0.308. The first-order chi connectivity index (χ1) is 10.8. The second-order valence-corrected chi connectivity index (χ2v) is 7.73. The van der Waals surface area contributed by atoms with Crippen LogP contribution in [0.15, 0.2) is 83.8 Å². The van der Waals surface area contributed by atoms with Crippen molar-refractivity contribution in [1.82, 2.24) is 0 Å². The van der Waals surface area contributed by atoms with Gasteiger partial charge in [-0.05, 0) is 15.5 Å². The smallest absolute Gasteiger partial charge is 0.304 e. The maximum Gasteiger partial charge on any atom is 1.00 e. The van der Waals surface area contributed by atoms with Crippen LogP contribution in [-0.2, 0) is 11.1 Å². The van der Waals surface area contributed by atoms with Gasteiger partial charge in [0.2, 0.25) is 0 Å². The van der Waals surface area contributed by atoms with Gasteiger partial charge in [0.1, 0.15) is 0 Å². The number of benzene rings is 3. The van der Waals surface area contributed by atoms with Crippen LogP contribution in [0.4, 0.5) is 0 Å². The summed E-state index contributed by atoms with van der Waals surface area (Å²) in [5, 5.41) is 3.17. The summed E-state index contributed by atoms with van der Waals surface area (Å²) < 4.78 is 21.3. The minimum absolute atomic E-state index is 0. The van der Waals surface area contributed by atoms with Crippen LogP contribution in [0.5, 0.6) is 0 Å². The van der Waals surface area contributed by atoms with Crippen LogP contribution in [0.1, 0.15) is 0 Å². The van der Waals surface area contributed by atoms with Crippen LogP contribution >= 0.6 is 7.92 Å². The zero-order chi connectivity index (χ0) is 15.4. The van der Waals surface area contributed by atoms with Gasteiger partial charge in [0.15, 0.2) is 11.1 Å². The molecule has 1 unspecified atom stereocenters. The van der Waals surface area contributed by atoms with Gasteiger partial charge in [-0.15, -0.1) is 5.30 Å². The van der Waals surface area contributed by atoms with E-state index < -0.39 is 19.0 Å². The minimum atomic E-state index is -2.05. The van der Waals surface area contributed by atoms with Crippen molar-refractivity contribution in [3.05, 3.63) is 84.9 Å². The molecule has 0 saturated carbocycles. The van der Waals surface area contributed by atoms with Crippen molar-refractivity contribution in [2.24, 2.45) is 0 Å². The second-order valence-electron chi connectivity index (χ2n) is 4.64. The molecular formula is C18H14NaO2PS. The van der Waals surface area contributed by atoms with Crippen molar-refractivity contribution in [3.63, 3.8) is 0 Å². The first kappa shape index (κ1) is 18.5. The van der Waals surface area contributed by atoms with Crippen LogP contribution in [0.3, 0.4) is 0 Å². The topological polar surface area (TPSA) is 37.3 Å². The fourth-order valence-corrected chi connectivity index (χ4v) is 5.53. The number of hydrogen-bond acceptors (Lipinski definition) is 1. The average Bonchev–Trinajstić information content (AvgIpc) is 2.57. The van der Waals surface area contributed by atoms with Crippen molar-refractivity contribution in [1.29, 1.82) is 0 Å². The Bertz CT molecular complexity index is 742. The first-order valence-electron chi connectivity index (χ1n) is 6.79. The average molecular weight is 348 g/mol. The molecule has 0 spiro atoms. The zero-order valence-electron chi connectivity index (χ0n) is 12.7.